The Bertz CT molecular complexity index is 934. The number of ether oxygens (including phenoxy) is 1. The van der Waals surface area contributed by atoms with Crippen molar-refractivity contribution in [3.05, 3.63) is 64.7 Å². The summed E-state index contributed by atoms with van der Waals surface area (Å²) in [5.74, 6) is 0. The Morgan fingerprint density at radius 2 is 1.67 bits per heavy atom. The lowest BCUT2D eigenvalue weighted by Gasteiger charge is -2.30. The predicted molar refractivity (Wildman–Crippen MR) is 121 cm³/mol. The van der Waals surface area contributed by atoms with Crippen molar-refractivity contribution in [3.8, 4) is 0 Å². The summed E-state index contributed by atoms with van der Waals surface area (Å²) < 4.78 is 34.0. The smallest absolute Gasteiger partial charge is 0.243 e. The number of benzene rings is 2. The van der Waals surface area contributed by atoms with Gasteiger partial charge in [0.25, 0.3) is 0 Å². The number of nitrogens with zero attached hydrogens (tertiary/aromatic N) is 2. The second-order valence-corrected chi connectivity index (χ2v) is 11.0. The van der Waals surface area contributed by atoms with Gasteiger partial charge in [0.05, 0.1) is 18.1 Å². The van der Waals surface area contributed by atoms with Crippen LogP contribution in [0.15, 0.2) is 53.4 Å². The zero-order valence-corrected chi connectivity index (χ0v) is 19.5. The highest BCUT2D eigenvalue weighted by molar-refractivity contribution is 7.89. The molecule has 0 amide bonds. The Kier molecular flexibility index (Phi) is 7.58. The molecule has 1 aliphatic heterocycles. The molecule has 1 saturated heterocycles. The maximum atomic E-state index is 13.5. The van der Waals surface area contributed by atoms with Crippen LogP contribution in [-0.4, -0.2) is 57.0 Å². The highest BCUT2D eigenvalue weighted by atomic mass is 35.5. The molecule has 1 fully saturated rings. The van der Waals surface area contributed by atoms with E-state index in [0.29, 0.717) is 36.2 Å². The van der Waals surface area contributed by atoms with Crippen LogP contribution in [0.2, 0.25) is 5.02 Å². The first-order valence-corrected chi connectivity index (χ1v) is 12.1. The normalized spacial score (nSPS) is 16.2. The number of rotatable bonds is 7. The van der Waals surface area contributed by atoms with E-state index >= 15 is 0 Å². The van der Waals surface area contributed by atoms with Crippen molar-refractivity contribution in [1.82, 2.24) is 9.21 Å². The van der Waals surface area contributed by atoms with Gasteiger partial charge in [0.2, 0.25) is 10.0 Å². The van der Waals surface area contributed by atoms with Gasteiger partial charge < -0.3 is 4.74 Å². The second-order valence-electron chi connectivity index (χ2n) is 8.66. The predicted octanol–water partition coefficient (Wildman–Crippen LogP) is 4.16. The number of sulfonamides is 1. The summed E-state index contributed by atoms with van der Waals surface area (Å²) in [7, 11) is -3.66. The molecule has 0 spiro atoms. The Hall–Kier alpha value is -1.44. The zero-order valence-electron chi connectivity index (χ0n) is 18.0. The van der Waals surface area contributed by atoms with Crippen molar-refractivity contribution in [3.63, 3.8) is 0 Å². The molecule has 164 valence electrons. The molecule has 0 radical (unpaired) electrons. The molecule has 0 atom stereocenters. The molecule has 0 N–H and O–H groups in total. The maximum Gasteiger partial charge on any atom is 0.243 e. The van der Waals surface area contributed by atoms with Gasteiger partial charge in [-0.2, -0.15) is 4.31 Å². The topological polar surface area (TPSA) is 49.9 Å². The fraction of sp³-hybridized carbons (Fsp3) is 0.478. The van der Waals surface area contributed by atoms with Gasteiger partial charge in [0, 0.05) is 37.7 Å². The Morgan fingerprint density at radius 3 is 2.27 bits per heavy atom. The van der Waals surface area contributed by atoms with Crippen molar-refractivity contribution < 1.29 is 13.2 Å². The van der Waals surface area contributed by atoms with Gasteiger partial charge >= 0.3 is 0 Å². The quantitative estimate of drug-likeness (QED) is 0.635. The first-order chi connectivity index (χ1) is 14.2. The van der Waals surface area contributed by atoms with Crippen LogP contribution in [-0.2, 0) is 26.7 Å². The van der Waals surface area contributed by atoms with Gasteiger partial charge in [0.1, 0.15) is 0 Å². The van der Waals surface area contributed by atoms with Crippen molar-refractivity contribution in [2.75, 3.05) is 39.4 Å². The molecule has 2 aromatic carbocycles. The summed E-state index contributed by atoms with van der Waals surface area (Å²) in [6.07, 6.45) is 0. The minimum absolute atomic E-state index is 0.0319. The Balaban J connectivity index is 1.85. The molecule has 5 nitrogen and oxygen atoms in total. The van der Waals surface area contributed by atoms with Crippen LogP contribution < -0.4 is 0 Å². The molecule has 7 heteroatoms. The van der Waals surface area contributed by atoms with Gasteiger partial charge in [-0.05, 0) is 34.7 Å². The lowest BCUT2D eigenvalue weighted by atomic mass is 9.87. The molecular formula is C23H31ClN2O3S. The van der Waals surface area contributed by atoms with Crippen LogP contribution in [0.5, 0.6) is 0 Å². The van der Waals surface area contributed by atoms with Crippen LogP contribution in [0.3, 0.4) is 0 Å². The summed E-state index contributed by atoms with van der Waals surface area (Å²) >= 11 is 6.34. The third-order valence-corrected chi connectivity index (χ3v) is 7.66. The average Bonchev–Trinajstić information content (AvgIpc) is 2.72. The van der Waals surface area contributed by atoms with Crippen molar-refractivity contribution in [1.29, 1.82) is 0 Å². The van der Waals surface area contributed by atoms with E-state index in [1.165, 1.54) is 4.31 Å². The summed E-state index contributed by atoms with van der Waals surface area (Å²) in [5.41, 5.74) is 1.87. The van der Waals surface area contributed by atoms with Gasteiger partial charge in [-0.25, -0.2) is 8.42 Å². The van der Waals surface area contributed by atoms with Crippen molar-refractivity contribution >= 4 is 21.6 Å². The Morgan fingerprint density at radius 1 is 1.03 bits per heavy atom. The van der Waals surface area contributed by atoms with Crippen LogP contribution >= 0.6 is 11.6 Å². The van der Waals surface area contributed by atoms with Crippen LogP contribution in [0, 0.1) is 0 Å². The molecule has 0 aromatic heterocycles. The van der Waals surface area contributed by atoms with Crippen LogP contribution in [0.25, 0.3) is 0 Å². The van der Waals surface area contributed by atoms with E-state index in [1.807, 2.05) is 30.3 Å². The average molecular weight is 451 g/mol. The Labute approximate surface area is 185 Å². The van der Waals surface area contributed by atoms with E-state index in [1.54, 1.807) is 18.2 Å². The van der Waals surface area contributed by atoms with Crippen molar-refractivity contribution in [2.24, 2.45) is 0 Å². The highest BCUT2D eigenvalue weighted by Crippen LogP contribution is 2.26. The first kappa shape index (κ1) is 23.2. The molecule has 2 aromatic rings. The van der Waals surface area contributed by atoms with Gasteiger partial charge in [0.15, 0.2) is 0 Å². The SMILES string of the molecule is CC(C)(C)c1ccc(S(=O)(=O)N(CCN2CCOCC2)Cc2ccccc2Cl)cc1. The third-order valence-electron chi connectivity index (χ3n) is 5.43. The number of hydrogen-bond donors (Lipinski definition) is 0. The molecule has 0 saturated carbocycles. The van der Waals surface area contributed by atoms with E-state index in [2.05, 4.69) is 25.7 Å². The lowest BCUT2D eigenvalue weighted by Crippen LogP contribution is -2.42. The molecule has 30 heavy (non-hydrogen) atoms. The lowest BCUT2D eigenvalue weighted by molar-refractivity contribution is 0.0361. The molecular weight excluding hydrogens is 420 g/mol. The van der Waals surface area contributed by atoms with E-state index in [9.17, 15) is 8.42 Å². The zero-order chi connectivity index (χ0) is 21.8. The summed E-state index contributed by atoms with van der Waals surface area (Å²) in [4.78, 5) is 2.55. The van der Waals surface area contributed by atoms with Gasteiger partial charge in [-0.15, -0.1) is 0 Å². The van der Waals surface area contributed by atoms with Crippen LogP contribution in [0.4, 0.5) is 0 Å². The molecule has 0 bridgehead atoms. The van der Waals surface area contributed by atoms with E-state index in [0.717, 1.165) is 24.2 Å². The van der Waals surface area contributed by atoms with Crippen LogP contribution in [0.1, 0.15) is 31.9 Å². The monoisotopic (exact) mass is 450 g/mol. The molecule has 0 aliphatic carbocycles. The molecule has 1 aliphatic rings. The molecule has 3 rings (SSSR count). The highest BCUT2D eigenvalue weighted by Gasteiger charge is 2.27. The fourth-order valence-electron chi connectivity index (χ4n) is 3.45. The second kappa shape index (κ2) is 9.79. The molecule has 1 heterocycles. The van der Waals surface area contributed by atoms with Gasteiger partial charge in [-0.1, -0.05) is 62.7 Å². The van der Waals surface area contributed by atoms with Gasteiger partial charge in [-0.3, -0.25) is 4.90 Å². The minimum atomic E-state index is -3.66. The summed E-state index contributed by atoms with van der Waals surface area (Å²) in [6.45, 7) is 10.7. The third kappa shape index (κ3) is 5.83. The number of halogens is 1. The summed E-state index contributed by atoms with van der Waals surface area (Å²) in [5, 5.41) is 0.576. The van der Waals surface area contributed by atoms with E-state index in [4.69, 9.17) is 16.3 Å². The van der Waals surface area contributed by atoms with Crippen molar-refractivity contribution in [2.45, 2.75) is 37.6 Å². The fourth-order valence-corrected chi connectivity index (χ4v) is 5.06. The number of morpholine rings is 1. The standard InChI is InChI=1S/C23H31ClN2O3S/c1-23(2,3)20-8-10-21(11-9-20)30(27,28)26(13-12-25-14-16-29-17-15-25)18-19-6-4-5-7-22(19)24/h4-11H,12-18H2,1-3H3. The number of hydrogen-bond acceptors (Lipinski definition) is 4. The summed E-state index contributed by atoms with van der Waals surface area (Å²) in [6, 6.07) is 14.6. The van der Waals surface area contributed by atoms with E-state index in [-0.39, 0.29) is 12.0 Å². The first-order valence-electron chi connectivity index (χ1n) is 10.3. The maximum absolute atomic E-state index is 13.5. The molecule has 0 unspecified atom stereocenters. The largest absolute Gasteiger partial charge is 0.379 e. The van der Waals surface area contributed by atoms with E-state index < -0.39 is 10.0 Å². The minimum Gasteiger partial charge on any atom is -0.379 e.